The van der Waals surface area contributed by atoms with E-state index in [0.717, 1.165) is 12.8 Å². The van der Waals surface area contributed by atoms with Crippen LogP contribution in [0, 0.1) is 0 Å². The Labute approximate surface area is 189 Å². The van der Waals surface area contributed by atoms with Crippen molar-refractivity contribution in [3.63, 3.8) is 0 Å². The molecule has 10 heteroatoms. The number of methoxy groups -OCH3 is 1. The number of thioether (sulfide) groups is 1. The molecule has 0 saturated heterocycles. The first-order valence-corrected chi connectivity index (χ1v) is 11.4. The van der Waals surface area contributed by atoms with Gasteiger partial charge in [-0.1, -0.05) is 36.7 Å². The standard InChI is InChI=1S/C22H24N6O3S/c1-31-17-12-10-15(11-13-17)23-21(30)18-8-4-5-9-19(18)24-20(29)14-32-22-25-26-27-28(22)16-6-2-3-7-16/h4-5,8-13,16H,2-3,6-7,14H2,1H3,(H,23,30)(H,24,29). The molecule has 1 aromatic heterocycles. The number of rotatable bonds is 8. The van der Waals surface area contributed by atoms with E-state index in [2.05, 4.69) is 26.2 Å². The van der Waals surface area contributed by atoms with Crippen LogP contribution < -0.4 is 15.4 Å². The topological polar surface area (TPSA) is 111 Å². The highest BCUT2D eigenvalue weighted by Gasteiger charge is 2.22. The number of carbonyl (C=O) groups is 2. The van der Waals surface area contributed by atoms with E-state index >= 15 is 0 Å². The van der Waals surface area contributed by atoms with Crippen molar-refractivity contribution < 1.29 is 14.3 Å². The van der Waals surface area contributed by atoms with E-state index in [1.165, 1.54) is 24.6 Å². The normalized spacial score (nSPS) is 13.7. The molecule has 1 aliphatic carbocycles. The zero-order valence-electron chi connectivity index (χ0n) is 17.7. The number of para-hydroxylation sites is 1. The van der Waals surface area contributed by atoms with Gasteiger partial charge in [-0.15, -0.1) is 5.10 Å². The van der Waals surface area contributed by atoms with Crippen molar-refractivity contribution in [3.8, 4) is 5.75 Å². The van der Waals surface area contributed by atoms with Gasteiger partial charge in [0.15, 0.2) is 0 Å². The number of carbonyl (C=O) groups excluding carboxylic acids is 2. The maximum absolute atomic E-state index is 12.8. The number of nitrogens with one attached hydrogen (secondary N) is 2. The zero-order valence-corrected chi connectivity index (χ0v) is 18.5. The fourth-order valence-corrected chi connectivity index (χ4v) is 4.38. The number of benzene rings is 2. The first-order chi connectivity index (χ1) is 15.6. The Hall–Kier alpha value is -3.40. The summed E-state index contributed by atoms with van der Waals surface area (Å²) in [6.45, 7) is 0. The first-order valence-electron chi connectivity index (χ1n) is 10.4. The number of aromatic nitrogens is 4. The second-order valence-corrected chi connectivity index (χ2v) is 8.35. The van der Waals surface area contributed by atoms with Crippen LogP contribution >= 0.6 is 11.8 Å². The van der Waals surface area contributed by atoms with Crippen molar-refractivity contribution in [1.29, 1.82) is 0 Å². The molecular weight excluding hydrogens is 428 g/mol. The fourth-order valence-electron chi connectivity index (χ4n) is 3.64. The molecule has 0 aliphatic heterocycles. The predicted molar refractivity (Wildman–Crippen MR) is 122 cm³/mol. The minimum atomic E-state index is -0.316. The molecule has 0 spiro atoms. The second kappa shape index (κ2) is 10.3. The van der Waals surface area contributed by atoms with E-state index < -0.39 is 0 Å². The smallest absolute Gasteiger partial charge is 0.257 e. The summed E-state index contributed by atoms with van der Waals surface area (Å²) in [5, 5.41) is 18.2. The van der Waals surface area contributed by atoms with Gasteiger partial charge in [-0.25, -0.2) is 4.68 Å². The Balaban J connectivity index is 1.37. The third-order valence-corrected chi connectivity index (χ3v) is 6.19. The average Bonchev–Trinajstić information content (AvgIpc) is 3.50. The molecule has 4 rings (SSSR count). The van der Waals surface area contributed by atoms with Crippen molar-refractivity contribution >= 4 is 35.0 Å². The molecule has 3 aromatic rings. The van der Waals surface area contributed by atoms with Crippen molar-refractivity contribution in [3.05, 3.63) is 54.1 Å². The van der Waals surface area contributed by atoms with E-state index in [9.17, 15) is 9.59 Å². The SMILES string of the molecule is COc1ccc(NC(=O)c2ccccc2NC(=O)CSc2nnnn2C2CCCC2)cc1. The third kappa shape index (κ3) is 5.25. The van der Waals surface area contributed by atoms with Crippen LogP contribution in [0.25, 0.3) is 0 Å². The van der Waals surface area contributed by atoms with Crippen LogP contribution in [0.1, 0.15) is 42.1 Å². The van der Waals surface area contributed by atoms with Crippen LogP contribution in [0.5, 0.6) is 5.75 Å². The molecule has 9 nitrogen and oxygen atoms in total. The number of hydrogen-bond acceptors (Lipinski definition) is 7. The molecule has 1 heterocycles. The van der Waals surface area contributed by atoms with Crippen LogP contribution in [0.3, 0.4) is 0 Å². The van der Waals surface area contributed by atoms with Crippen molar-refractivity contribution in [2.45, 2.75) is 36.9 Å². The molecule has 0 unspecified atom stereocenters. The molecule has 0 radical (unpaired) electrons. The summed E-state index contributed by atoms with van der Waals surface area (Å²) in [6.07, 6.45) is 4.46. The first kappa shape index (κ1) is 21.8. The van der Waals surface area contributed by atoms with Gasteiger partial charge in [-0.05, 0) is 59.7 Å². The van der Waals surface area contributed by atoms with Gasteiger partial charge in [0.25, 0.3) is 5.91 Å². The lowest BCUT2D eigenvalue weighted by atomic mass is 10.1. The minimum Gasteiger partial charge on any atom is -0.497 e. The minimum absolute atomic E-state index is 0.140. The number of tetrazole rings is 1. The summed E-state index contributed by atoms with van der Waals surface area (Å²) in [4.78, 5) is 25.4. The highest BCUT2D eigenvalue weighted by Crippen LogP contribution is 2.31. The Kier molecular flexibility index (Phi) is 7.00. The lowest BCUT2D eigenvalue weighted by Gasteiger charge is -2.12. The van der Waals surface area contributed by atoms with E-state index in [1.807, 2.05) is 4.68 Å². The lowest BCUT2D eigenvalue weighted by molar-refractivity contribution is -0.113. The molecule has 0 bridgehead atoms. The van der Waals surface area contributed by atoms with Gasteiger partial charge in [0, 0.05) is 5.69 Å². The molecule has 32 heavy (non-hydrogen) atoms. The van der Waals surface area contributed by atoms with Gasteiger partial charge in [0.1, 0.15) is 5.75 Å². The number of anilines is 2. The van der Waals surface area contributed by atoms with E-state index in [1.54, 1.807) is 55.6 Å². The van der Waals surface area contributed by atoms with E-state index in [4.69, 9.17) is 4.74 Å². The van der Waals surface area contributed by atoms with Gasteiger partial charge in [-0.3, -0.25) is 9.59 Å². The molecule has 1 saturated carbocycles. The molecule has 0 atom stereocenters. The third-order valence-electron chi connectivity index (χ3n) is 5.26. The molecule has 1 aliphatic rings. The van der Waals surface area contributed by atoms with E-state index in [0.29, 0.717) is 33.9 Å². The summed E-state index contributed by atoms with van der Waals surface area (Å²) >= 11 is 1.29. The largest absolute Gasteiger partial charge is 0.497 e. The summed E-state index contributed by atoms with van der Waals surface area (Å²) in [7, 11) is 1.58. The Morgan fingerprint density at radius 3 is 2.59 bits per heavy atom. The van der Waals surface area contributed by atoms with Crippen LogP contribution in [0.4, 0.5) is 11.4 Å². The fraction of sp³-hybridized carbons (Fsp3) is 0.318. The maximum atomic E-state index is 12.8. The Bertz CT molecular complexity index is 1080. The van der Waals surface area contributed by atoms with Crippen LogP contribution in [0.2, 0.25) is 0 Å². The van der Waals surface area contributed by atoms with Gasteiger partial charge in [-0.2, -0.15) is 0 Å². The number of hydrogen-bond donors (Lipinski definition) is 2. The van der Waals surface area contributed by atoms with Crippen LogP contribution in [0.15, 0.2) is 53.7 Å². The maximum Gasteiger partial charge on any atom is 0.257 e. The van der Waals surface area contributed by atoms with Gasteiger partial charge < -0.3 is 15.4 Å². The van der Waals surface area contributed by atoms with Crippen molar-refractivity contribution in [1.82, 2.24) is 20.2 Å². The zero-order chi connectivity index (χ0) is 22.3. The van der Waals surface area contributed by atoms with Crippen LogP contribution in [-0.2, 0) is 4.79 Å². The van der Waals surface area contributed by atoms with Crippen molar-refractivity contribution in [2.24, 2.45) is 0 Å². The quantitative estimate of drug-likeness (QED) is 0.500. The monoisotopic (exact) mass is 452 g/mol. The highest BCUT2D eigenvalue weighted by atomic mass is 32.2. The van der Waals surface area contributed by atoms with Gasteiger partial charge in [0.2, 0.25) is 11.1 Å². The molecule has 1 fully saturated rings. The highest BCUT2D eigenvalue weighted by molar-refractivity contribution is 7.99. The molecule has 2 N–H and O–H groups in total. The number of ether oxygens (including phenoxy) is 1. The summed E-state index contributed by atoms with van der Waals surface area (Å²) in [6, 6.07) is 14.2. The molecular formula is C22H24N6O3S. The van der Waals surface area contributed by atoms with Crippen molar-refractivity contribution in [2.75, 3.05) is 23.5 Å². The number of nitrogens with zero attached hydrogens (tertiary/aromatic N) is 4. The Morgan fingerprint density at radius 1 is 1.09 bits per heavy atom. The summed E-state index contributed by atoms with van der Waals surface area (Å²) < 4.78 is 6.95. The van der Waals surface area contributed by atoms with Gasteiger partial charge in [0.05, 0.1) is 30.2 Å². The Morgan fingerprint density at radius 2 is 1.84 bits per heavy atom. The number of amides is 2. The van der Waals surface area contributed by atoms with Crippen LogP contribution in [-0.4, -0.2) is 44.9 Å². The van der Waals surface area contributed by atoms with E-state index in [-0.39, 0.29) is 17.6 Å². The summed E-state index contributed by atoms with van der Waals surface area (Å²) in [5.74, 6) is 0.290. The second-order valence-electron chi connectivity index (χ2n) is 7.41. The predicted octanol–water partition coefficient (Wildman–Crippen LogP) is 3.78. The average molecular weight is 453 g/mol. The summed E-state index contributed by atoms with van der Waals surface area (Å²) in [5.41, 5.74) is 1.45. The molecule has 2 aromatic carbocycles. The molecule has 2 amide bonds. The molecule has 166 valence electrons. The lowest BCUT2D eigenvalue weighted by Crippen LogP contribution is -2.19. The van der Waals surface area contributed by atoms with Gasteiger partial charge >= 0.3 is 0 Å².